The Kier molecular flexibility index (Phi) is 2.81. The Hall–Kier alpha value is -1.06. The molecule has 4 atom stereocenters. The molecule has 0 spiro atoms. The highest BCUT2D eigenvalue weighted by atomic mass is 16.5. The minimum atomic E-state index is -0.287. The van der Waals surface area contributed by atoms with E-state index in [-0.39, 0.29) is 18.1 Å². The lowest BCUT2D eigenvalue weighted by Gasteiger charge is -2.35. The number of benzene rings is 1. The predicted molar refractivity (Wildman–Crippen MR) is 66.3 cm³/mol. The van der Waals surface area contributed by atoms with Crippen LogP contribution in [0.5, 0.6) is 5.75 Å². The van der Waals surface area contributed by atoms with Gasteiger partial charge in [-0.1, -0.05) is 18.2 Å². The third kappa shape index (κ3) is 1.83. The molecule has 0 aromatic heterocycles. The number of fused-ring (bicyclic) bond motifs is 2. The van der Waals surface area contributed by atoms with Gasteiger partial charge in [-0.3, -0.25) is 0 Å². The number of hydrogen-bond acceptors (Lipinski definition) is 3. The van der Waals surface area contributed by atoms with Gasteiger partial charge in [0.2, 0.25) is 0 Å². The Labute approximate surface area is 102 Å². The molecular formula is C14H19NO2. The summed E-state index contributed by atoms with van der Waals surface area (Å²) in [5.74, 6) is 1.11. The molecule has 2 N–H and O–H groups in total. The summed E-state index contributed by atoms with van der Waals surface area (Å²) in [6.07, 6.45) is 3.01. The van der Waals surface area contributed by atoms with Crippen molar-refractivity contribution >= 4 is 0 Å². The van der Waals surface area contributed by atoms with E-state index < -0.39 is 0 Å². The molecule has 1 aromatic carbocycles. The molecule has 3 rings (SSSR count). The molecule has 0 aliphatic carbocycles. The van der Waals surface area contributed by atoms with Crippen molar-refractivity contribution in [3.63, 3.8) is 0 Å². The second-order valence-corrected chi connectivity index (χ2v) is 5.12. The SMILES string of the molecule is COc1ccccc1[C@H]1C[C@H]2CC[C@H](N2)[C@@H]1O. The molecule has 2 bridgehead atoms. The third-order valence-corrected chi connectivity index (χ3v) is 4.18. The van der Waals surface area contributed by atoms with Gasteiger partial charge in [0.1, 0.15) is 5.75 Å². The van der Waals surface area contributed by atoms with Crippen LogP contribution in [0.1, 0.15) is 30.7 Å². The normalized spacial score (nSPS) is 35.9. The van der Waals surface area contributed by atoms with Crippen molar-refractivity contribution in [2.24, 2.45) is 0 Å². The topological polar surface area (TPSA) is 41.5 Å². The molecule has 2 saturated heterocycles. The van der Waals surface area contributed by atoms with Crippen LogP contribution in [0, 0.1) is 0 Å². The van der Waals surface area contributed by atoms with Crippen LogP contribution in [-0.4, -0.2) is 30.4 Å². The number of nitrogens with one attached hydrogen (secondary N) is 1. The molecule has 2 fully saturated rings. The summed E-state index contributed by atoms with van der Waals surface area (Å²) < 4.78 is 5.41. The van der Waals surface area contributed by atoms with Gasteiger partial charge in [-0.25, -0.2) is 0 Å². The maximum absolute atomic E-state index is 10.4. The van der Waals surface area contributed by atoms with Crippen LogP contribution in [0.2, 0.25) is 0 Å². The van der Waals surface area contributed by atoms with Crippen molar-refractivity contribution in [1.29, 1.82) is 0 Å². The van der Waals surface area contributed by atoms with Crippen molar-refractivity contribution in [3.8, 4) is 5.75 Å². The summed E-state index contributed by atoms with van der Waals surface area (Å²) >= 11 is 0. The molecule has 1 aromatic rings. The maximum Gasteiger partial charge on any atom is 0.122 e. The number of aliphatic hydroxyl groups excluding tert-OH is 1. The van der Waals surface area contributed by atoms with Crippen LogP contribution in [0.3, 0.4) is 0 Å². The van der Waals surface area contributed by atoms with Crippen molar-refractivity contribution < 1.29 is 9.84 Å². The smallest absolute Gasteiger partial charge is 0.122 e. The molecule has 2 aliphatic rings. The number of ether oxygens (including phenoxy) is 1. The minimum absolute atomic E-state index is 0.213. The quantitative estimate of drug-likeness (QED) is 0.816. The van der Waals surface area contributed by atoms with Crippen LogP contribution in [-0.2, 0) is 0 Å². The highest BCUT2D eigenvalue weighted by Gasteiger charge is 2.41. The second kappa shape index (κ2) is 4.31. The first-order chi connectivity index (χ1) is 8.29. The highest BCUT2D eigenvalue weighted by molar-refractivity contribution is 5.38. The first kappa shape index (κ1) is 11.1. The van der Waals surface area contributed by atoms with Gasteiger partial charge in [0.05, 0.1) is 13.2 Å². The summed E-state index contributed by atoms with van der Waals surface area (Å²) in [6, 6.07) is 8.89. The standard InChI is InChI=1S/C14H19NO2/c1-17-13-5-3-2-4-10(13)11-8-9-6-7-12(15-9)14(11)16/h2-5,9,11-12,14-16H,6-8H2,1H3/t9-,11-,12+,14-/m1/s1. The average Bonchev–Trinajstić information content (AvgIpc) is 2.78. The lowest BCUT2D eigenvalue weighted by molar-refractivity contribution is 0.0796. The first-order valence-electron chi connectivity index (χ1n) is 6.36. The third-order valence-electron chi connectivity index (χ3n) is 4.18. The molecule has 0 radical (unpaired) electrons. The van der Waals surface area contributed by atoms with E-state index in [2.05, 4.69) is 11.4 Å². The van der Waals surface area contributed by atoms with E-state index in [0.717, 1.165) is 24.2 Å². The van der Waals surface area contributed by atoms with Gasteiger partial charge >= 0.3 is 0 Å². The number of methoxy groups -OCH3 is 1. The van der Waals surface area contributed by atoms with E-state index in [0.29, 0.717) is 6.04 Å². The van der Waals surface area contributed by atoms with Gasteiger partial charge in [0.25, 0.3) is 0 Å². The van der Waals surface area contributed by atoms with E-state index in [4.69, 9.17) is 4.74 Å². The number of rotatable bonds is 2. The Morgan fingerprint density at radius 1 is 1.29 bits per heavy atom. The molecular weight excluding hydrogens is 214 g/mol. The van der Waals surface area contributed by atoms with Gasteiger partial charge < -0.3 is 15.2 Å². The van der Waals surface area contributed by atoms with E-state index in [9.17, 15) is 5.11 Å². The van der Waals surface area contributed by atoms with Crippen LogP contribution in [0.25, 0.3) is 0 Å². The van der Waals surface area contributed by atoms with E-state index in [1.807, 2.05) is 18.2 Å². The molecule has 2 aliphatic heterocycles. The van der Waals surface area contributed by atoms with Crippen molar-refractivity contribution in [1.82, 2.24) is 5.32 Å². The number of piperidine rings is 1. The molecule has 0 amide bonds. The number of hydrogen-bond donors (Lipinski definition) is 2. The monoisotopic (exact) mass is 233 g/mol. The fraction of sp³-hybridized carbons (Fsp3) is 0.571. The van der Waals surface area contributed by atoms with Crippen molar-refractivity contribution in [3.05, 3.63) is 29.8 Å². The number of aliphatic hydroxyl groups is 1. The molecule has 2 heterocycles. The largest absolute Gasteiger partial charge is 0.496 e. The van der Waals surface area contributed by atoms with Gasteiger partial charge in [0, 0.05) is 18.0 Å². The summed E-state index contributed by atoms with van der Waals surface area (Å²) in [5, 5.41) is 13.9. The van der Waals surface area contributed by atoms with Crippen LogP contribution in [0.4, 0.5) is 0 Å². The zero-order valence-corrected chi connectivity index (χ0v) is 10.1. The molecule has 3 heteroatoms. The Morgan fingerprint density at radius 3 is 2.94 bits per heavy atom. The van der Waals surface area contributed by atoms with E-state index in [1.54, 1.807) is 7.11 Å². The highest BCUT2D eigenvalue weighted by Crippen LogP contribution is 2.40. The Bertz CT molecular complexity index is 407. The minimum Gasteiger partial charge on any atom is -0.496 e. The van der Waals surface area contributed by atoms with Crippen molar-refractivity contribution in [2.75, 3.05) is 7.11 Å². The lowest BCUT2D eigenvalue weighted by Crippen LogP contribution is -2.47. The molecule has 92 valence electrons. The van der Waals surface area contributed by atoms with Gasteiger partial charge in [-0.2, -0.15) is 0 Å². The zero-order valence-electron chi connectivity index (χ0n) is 10.1. The maximum atomic E-state index is 10.4. The van der Waals surface area contributed by atoms with Crippen LogP contribution < -0.4 is 10.1 Å². The lowest BCUT2D eigenvalue weighted by atomic mass is 9.83. The van der Waals surface area contributed by atoms with Crippen molar-refractivity contribution in [2.45, 2.75) is 43.4 Å². The van der Waals surface area contributed by atoms with E-state index >= 15 is 0 Å². The zero-order chi connectivity index (χ0) is 11.8. The predicted octanol–water partition coefficient (Wildman–Crippen LogP) is 1.66. The fourth-order valence-corrected chi connectivity index (χ4v) is 3.32. The second-order valence-electron chi connectivity index (χ2n) is 5.12. The summed E-state index contributed by atoms with van der Waals surface area (Å²) in [4.78, 5) is 0. The Morgan fingerprint density at radius 2 is 2.12 bits per heavy atom. The molecule has 3 nitrogen and oxygen atoms in total. The average molecular weight is 233 g/mol. The summed E-state index contributed by atoms with van der Waals surface area (Å²) in [7, 11) is 1.70. The fourth-order valence-electron chi connectivity index (χ4n) is 3.32. The molecule has 0 unspecified atom stereocenters. The van der Waals surface area contributed by atoms with Crippen LogP contribution >= 0.6 is 0 Å². The molecule has 17 heavy (non-hydrogen) atoms. The van der Waals surface area contributed by atoms with Gasteiger partial charge in [-0.05, 0) is 30.9 Å². The number of para-hydroxylation sites is 1. The van der Waals surface area contributed by atoms with E-state index in [1.165, 1.54) is 6.42 Å². The van der Waals surface area contributed by atoms with Crippen LogP contribution in [0.15, 0.2) is 24.3 Å². The Balaban J connectivity index is 1.93. The summed E-state index contributed by atoms with van der Waals surface area (Å²) in [5.41, 5.74) is 1.15. The van der Waals surface area contributed by atoms with Gasteiger partial charge in [0.15, 0.2) is 0 Å². The summed E-state index contributed by atoms with van der Waals surface area (Å²) in [6.45, 7) is 0. The molecule has 0 saturated carbocycles. The van der Waals surface area contributed by atoms with Gasteiger partial charge in [-0.15, -0.1) is 0 Å². The first-order valence-corrected chi connectivity index (χ1v) is 6.36.